The maximum absolute atomic E-state index is 14.4. The number of carbonyl (C=O) groups excluding carboxylic acids is 1. The van der Waals surface area contributed by atoms with Gasteiger partial charge in [-0.05, 0) is 74.2 Å². The number of aryl methyl sites for hydroxylation is 1. The summed E-state index contributed by atoms with van der Waals surface area (Å²) < 4.78 is 84.4. The van der Waals surface area contributed by atoms with Crippen molar-refractivity contribution in [1.82, 2.24) is 24.3 Å². The van der Waals surface area contributed by atoms with Crippen LogP contribution in [0.3, 0.4) is 0 Å². The summed E-state index contributed by atoms with van der Waals surface area (Å²) in [4.78, 5) is 18.4. The molecule has 15 heteroatoms. The van der Waals surface area contributed by atoms with Crippen LogP contribution in [-0.4, -0.2) is 51.6 Å². The van der Waals surface area contributed by atoms with E-state index < -0.39 is 44.5 Å². The standard InChI is InChI=1S/C29H31F4N7O3S/c1-3-5-19-16-28(27(41)24-14-21(10-12-35-24)29(31,32)33)18-39(44(42,43)26-17-38(4-2)37-36-26)13-11-20(28)15-25(19)40(34)23-8-6-22(30)7-9-23/h6-10,12,14-15,17H,3-5,11,13,16,18,34H2,1-2H3/t28-/m0/s1. The van der Waals surface area contributed by atoms with E-state index in [0.717, 1.165) is 16.6 Å². The second kappa shape index (κ2) is 11.9. The Hall–Kier alpha value is -3.95. The van der Waals surface area contributed by atoms with Gasteiger partial charge in [-0.1, -0.05) is 24.1 Å². The number of hydrogen-bond acceptors (Lipinski definition) is 8. The Labute approximate surface area is 251 Å². The third kappa shape index (κ3) is 5.78. The van der Waals surface area contributed by atoms with Gasteiger partial charge in [0.15, 0.2) is 5.78 Å². The monoisotopic (exact) mass is 633 g/mol. The zero-order valence-electron chi connectivity index (χ0n) is 24.1. The molecule has 0 radical (unpaired) electrons. The zero-order valence-corrected chi connectivity index (χ0v) is 24.9. The van der Waals surface area contributed by atoms with Gasteiger partial charge in [-0.2, -0.15) is 17.5 Å². The molecule has 0 saturated carbocycles. The number of piperidine rings is 1. The Morgan fingerprint density at radius 1 is 1.16 bits per heavy atom. The summed E-state index contributed by atoms with van der Waals surface area (Å²) >= 11 is 0. The molecule has 1 aliphatic heterocycles. The molecule has 5 rings (SSSR count). The number of anilines is 1. The van der Waals surface area contributed by atoms with Crippen LogP contribution < -0.4 is 10.9 Å². The van der Waals surface area contributed by atoms with Crippen LogP contribution in [0.15, 0.2) is 76.7 Å². The molecule has 1 saturated heterocycles. The number of halogens is 4. The van der Waals surface area contributed by atoms with E-state index >= 15 is 0 Å². The van der Waals surface area contributed by atoms with E-state index in [-0.39, 0.29) is 31.0 Å². The number of nitrogens with zero attached hydrogens (tertiary/aromatic N) is 6. The number of ketones is 1. The second-order valence-corrected chi connectivity index (χ2v) is 12.7. The molecular weight excluding hydrogens is 602 g/mol. The molecule has 2 aromatic heterocycles. The van der Waals surface area contributed by atoms with Gasteiger partial charge in [-0.25, -0.2) is 18.7 Å². The van der Waals surface area contributed by atoms with Crippen molar-refractivity contribution in [1.29, 1.82) is 0 Å². The summed E-state index contributed by atoms with van der Waals surface area (Å²) in [5, 5.41) is 8.72. The first-order chi connectivity index (χ1) is 20.8. The summed E-state index contributed by atoms with van der Waals surface area (Å²) in [6.07, 6.45) is 0.366. The van der Waals surface area contributed by atoms with Crippen molar-refractivity contribution >= 4 is 21.5 Å². The number of benzene rings is 1. The minimum atomic E-state index is -4.72. The van der Waals surface area contributed by atoms with Gasteiger partial charge in [0.1, 0.15) is 11.5 Å². The second-order valence-electron chi connectivity index (χ2n) is 10.8. The summed E-state index contributed by atoms with van der Waals surface area (Å²) in [6.45, 7) is 3.71. The van der Waals surface area contributed by atoms with Crippen molar-refractivity contribution in [3.63, 3.8) is 0 Å². The third-order valence-electron chi connectivity index (χ3n) is 8.00. The van der Waals surface area contributed by atoms with Crippen LogP contribution in [0.2, 0.25) is 0 Å². The lowest BCUT2D eigenvalue weighted by Crippen LogP contribution is -2.53. The maximum atomic E-state index is 14.4. The quantitative estimate of drug-likeness (QED) is 0.153. The number of aromatic nitrogens is 4. The first-order valence-electron chi connectivity index (χ1n) is 14.0. The van der Waals surface area contributed by atoms with Crippen LogP contribution >= 0.6 is 0 Å². The van der Waals surface area contributed by atoms with Crippen LogP contribution in [0.5, 0.6) is 0 Å². The Morgan fingerprint density at radius 3 is 2.52 bits per heavy atom. The Balaban J connectivity index is 1.63. The highest BCUT2D eigenvalue weighted by Crippen LogP contribution is 2.49. The molecule has 1 atom stereocenters. The van der Waals surface area contributed by atoms with Crippen molar-refractivity contribution in [3.05, 3.63) is 88.8 Å². The van der Waals surface area contributed by atoms with Crippen LogP contribution in [0.25, 0.3) is 0 Å². The van der Waals surface area contributed by atoms with Crippen molar-refractivity contribution in [2.45, 2.75) is 57.3 Å². The van der Waals surface area contributed by atoms with E-state index in [0.29, 0.717) is 48.0 Å². The SMILES string of the molecule is CCCC1=C(N(N)c2ccc(F)cc2)C=C2CCN(S(=O)(=O)c3cn(CC)nn3)C[C@@]2(C(=O)c2cc(C(F)(F)F)ccn2)C1. The predicted octanol–water partition coefficient (Wildman–Crippen LogP) is 4.88. The molecule has 1 fully saturated rings. The van der Waals surface area contributed by atoms with Crippen LogP contribution in [0, 0.1) is 11.2 Å². The first kappa shape index (κ1) is 31.5. The molecule has 0 spiro atoms. The fourth-order valence-electron chi connectivity index (χ4n) is 5.73. The minimum absolute atomic E-state index is 0.0126. The van der Waals surface area contributed by atoms with Crippen molar-refractivity contribution in [2.75, 3.05) is 18.1 Å². The molecule has 234 valence electrons. The minimum Gasteiger partial charge on any atom is -0.291 e. The third-order valence-corrected chi connectivity index (χ3v) is 9.70. The average Bonchev–Trinajstić information content (AvgIpc) is 3.50. The van der Waals surface area contributed by atoms with E-state index in [2.05, 4.69) is 15.3 Å². The van der Waals surface area contributed by atoms with Gasteiger partial charge in [0, 0.05) is 25.8 Å². The molecule has 2 aliphatic rings. The lowest BCUT2D eigenvalue weighted by molar-refractivity contribution is -0.137. The number of Topliss-reactive ketones (excluding diaryl/α,β-unsaturated/α-hetero) is 1. The van der Waals surface area contributed by atoms with Gasteiger partial charge in [0.25, 0.3) is 10.0 Å². The molecule has 1 aromatic carbocycles. The summed E-state index contributed by atoms with van der Waals surface area (Å²) in [5.41, 5.74) is -0.803. The van der Waals surface area contributed by atoms with Crippen molar-refractivity contribution in [2.24, 2.45) is 11.3 Å². The van der Waals surface area contributed by atoms with E-state index in [9.17, 15) is 30.8 Å². The number of hydrogen-bond donors (Lipinski definition) is 1. The number of alkyl halides is 3. The van der Waals surface area contributed by atoms with Crippen molar-refractivity contribution in [3.8, 4) is 0 Å². The molecule has 2 N–H and O–H groups in total. The van der Waals surface area contributed by atoms with Crippen LogP contribution in [-0.2, 0) is 22.7 Å². The highest BCUT2D eigenvalue weighted by molar-refractivity contribution is 7.89. The predicted molar refractivity (Wildman–Crippen MR) is 153 cm³/mol. The van der Waals surface area contributed by atoms with E-state index in [1.54, 1.807) is 13.0 Å². The summed E-state index contributed by atoms with van der Waals surface area (Å²) in [6, 6.07) is 7.00. The Morgan fingerprint density at radius 2 is 1.89 bits per heavy atom. The highest BCUT2D eigenvalue weighted by Gasteiger charge is 2.52. The smallest absolute Gasteiger partial charge is 0.291 e. The number of sulfonamides is 1. The molecule has 0 amide bonds. The zero-order chi connectivity index (χ0) is 31.9. The normalized spacial score (nSPS) is 19.5. The fourth-order valence-corrected chi connectivity index (χ4v) is 7.11. The number of rotatable bonds is 9. The number of allylic oxidation sites excluding steroid dienone is 2. The van der Waals surface area contributed by atoms with Gasteiger partial charge >= 0.3 is 6.18 Å². The maximum Gasteiger partial charge on any atom is 0.416 e. The van der Waals surface area contributed by atoms with E-state index in [1.807, 2.05) is 6.92 Å². The lowest BCUT2D eigenvalue weighted by Gasteiger charge is -2.46. The number of nitrogens with two attached hydrogens (primary N) is 1. The van der Waals surface area contributed by atoms with Crippen LogP contribution in [0.1, 0.15) is 55.6 Å². The van der Waals surface area contributed by atoms with Gasteiger partial charge in [-0.15, -0.1) is 5.10 Å². The van der Waals surface area contributed by atoms with Crippen molar-refractivity contribution < 1.29 is 30.8 Å². The van der Waals surface area contributed by atoms with E-state index in [4.69, 9.17) is 5.84 Å². The number of pyridine rings is 1. The number of fused-ring (bicyclic) bond motifs is 1. The number of carbonyl (C=O) groups is 1. The summed E-state index contributed by atoms with van der Waals surface area (Å²) in [7, 11) is -4.22. The van der Waals surface area contributed by atoms with Gasteiger partial charge in [0.05, 0.1) is 28.6 Å². The van der Waals surface area contributed by atoms with Gasteiger partial charge in [0.2, 0.25) is 5.03 Å². The molecule has 3 heterocycles. The molecule has 0 unspecified atom stereocenters. The average molecular weight is 634 g/mol. The first-order valence-corrected chi connectivity index (χ1v) is 15.5. The molecule has 1 aliphatic carbocycles. The van der Waals surface area contributed by atoms with E-state index in [1.165, 1.54) is 40.2 Å². The molecular formula is C29H31F4N7O3S. The molecule has 10 nitrogen and oxygen atoms in total. The summed E-state index contributed by atoms with van der Waals surface area (Å²) in [5.74, 6) is 5.33. The van der Waals surface area contributed by atoms with Gasteiger partial charge < -0.3 is 0 Å². The van der Waals surface area contributed by atoms with Gasteiger partial charge in [-0.3, -0.25) is 19.5 Å². The van der Waals surface area contributed by atoms with Crippen LogP contribution in [0.4, 0.5) is 23.2 Å². The molecule has 44 heavy (non-hydrogen) atoms. The molecule has 3 aromatic rings. The number of hydrazine groups is 1. The lowest BCUT2D eigenvalue weighted by atomic mass is 9.64. The fraction of sp³-hybridized carbons (Fsp3) is 0.379. The highest BCUT2D eigenvalue weighted by atomic mass is 32.2. The Kier molecular flexibility index (Phi) is 8.48. The molecule has 0 bridgehead atoms. The Bertz CT molecular complexity index is 1740. The topological polar surface area (TPSA) is 127 Å². The largest absolute Gasteiger partial charge is 0.416 e.